The molecule has 0 aliphatic carbocycles. The van der Waals surface area contributed by atoms with Crippen LogP contribution >= 0.6 is 0 Å². The Bertz CT molecular complexity index is 1120. The Labute approximate surface area is 178 Å². The molecular formula is C23H21F2N3O3. The smallest absolute Gasteiger partial charge is 0.264 e. The van der Waals surface area contributed by atoms with Gasteiger partial charge in [-0.05, 0) is 35.2 Å². The van der Waals surface area contributed by atoms with Crippen LogP contribution in [0.5, 0.6) is 5.75 Å². The molecule has 160 valence electrons. The minimum atomic E-state index is -1.31. The van der Waals surface area contributed by atoms with Crippen molar-refractivity contribution >= 4 is 17.3 Å². The van der Waals surface area contributed by atoms with E-state index in [1.54, 1.807) is 24.1 Å². The molecule has 0 spiro atoms. The lowest BCUT2D eigenvalue weighted by molar-refractivity contribution is -0.120. The third-order valence-corrected chi connectivity index (χ3v) is 5.32. The minimum Gasteiger partial charge on any atom is -0.482 e. The lowest BCUT2D eigenvalue weighted by Gasteiger charge is -2.27. The van der Waals surface area contributed by atoms with Crippen molar-refractivity contribution in [3.8, 4) is 16.9 Å². The standard InChI is InChI=1S/C23H21F2N3O3/c1-3-13-8-19-20(31-12-21(29)28(19)2)9-16(13)14-4-6-15(7-5-14)23(30)27-22-17(24)10-26-11-18(22)25/h4-11,23,30H,3,12H2,1-2H3,(H,26,27). The number of pyridine rings is 1. The lowest BCUT2D eigenvalue weighted by Crippen LogP contribution is -2.35. The van der Waals surface area contributed by atoms with Gasteiger partial charge in [0.15, 0.2) is 24.5 Å². The first-order valence-electron chi connectivity index (χ1n) is 9.79. The molecule has 2 heterocycles. The molecular weight excluding hydrogens is 404 g/mol. The number of hydrogen-bond acceptors (Lipinski definition) is 5. The Morgan fingerprint density at radius 2 is 1.87 bits per heavy atom. The van der Waals surface area contributed by atoms with Gasteiger partial charge in [0.2, 0.25) is 0 Å². The Morgan fingerprint density at radius 1 is 1.19 bits per heavy atom. The number of likely N-dealkylation sites (N-methyl/N-ethyl adjacent to an activating group) is 1. The number of benzene rings is 2. The van der Waals surface area contributed by atoms with Crippen molar-refractivity contribution in [3.63, 3.8) is 0 Å². The summed E-state index contributed by atoms with van der Waals surface area (Å²) in [5.74, 6) is -1.25. The molecule has 0 saturated carbocycles. The van der Waals surface area contributed by atoms with Crippen molar-refractivity contribution in [1.82, 2.24) is 4.98 Å². The molecule has 0 saturated heterocycles. The lowest BCUT2D eigenvalue weighted by atomic mass is 9.95. The number of amides is 1. The number of carbonyl (C=O) groups is 1. The maximum absolute atomic E-state index is 13.8. The summed E-state index contributed by atoms with van der Waals surface area (Å²) in [7, 11) is 1.72. The van der Waals surface area contributed by atoms with E-state index in [1.807, 2.05) is 31.2 Å². The summed E-state index contributed by atoms with van der Waals surface area (Å²) in [5, 5.41) is 12.8. The van der Waals surface area contributed by atoms with Gasteiger partial charge in [-0.15, -0.1) is 0 Å². The highest BCUT2D eigenvalue weighted by Crippen LogP contribution is 2.38. The van der Waals surface area contributed by atoms with E-state index in [0.29, 0.717) is 11.3 Å². The van der Waals surface area contributed by atoms with E-state index in [-0.39, 0.29) is 12.5 Å². The van der Waals surface area contributed by atoms with Crippen molar-refractivity contribution < 1.29 is 23.4 Å². The molecule has 2 N–H and O–H groups in total. The second kappa shape index (κ2) is 8.31. The number of nitrogens with zero attached hydrogens (tertiary/aromatic N) is 2. The number of fused-ring (bicyclic) bond motifs is 1. The summed E-state index contributed by atoms with van der Waals surface area (Å²) in [6.45, 7) is 2.02. The van der Waals surface area contributed by atoms with Crippen molar-refractivity contribution in [2.45, 2.75) is 19.6 Å². The maximum Gasteiger partial charge on any atom is 0.264 e. The van der Waals surface area contributed by atoms with Crippen LogP contribution in [0.4, 0.5) is 20.2 Å². The fourth-order valence-corrected chi connectivity index (χ4v) is 3.54. The largest absolute Gasteiger partial charge is 0.482 e. The molecule has 1 amide bonds. The number of carbonyl (C=O) groups excluding carboxylic acids is 1. The summed E-state index contributed by atoms with van der Waals surface area (Å²) < 4.78 is 33.1. The van der Waals surface area contributed by atoms with Crippen molar-refractivity contribution in [3.05, 3.63) is 71.6 Å². The van der Waals surface area contributed by atoms with Gasteiger partial charge >= 0.3 is 0 Å². The number of halogens is 2. The summed E-state index contributed by atoms with van der Waals surface area (Å²) in [4.78, 5) is 16.9. The molecule has 1 atom stereocenters. The molecule has 6 nitrogen and oxygen atoms in total. The molecule has 0 fully saturated rings. The van der Waals surface area contributed by atoms with E-state index in [0.717, 1.165) is 41.2 Å². The number of aryl methyl sites for hydroxylation is 1. The van der Waals surface area contributed by atoms with Gasteiger partial charge in [0.05, 0.1) is 18.1 Å². The zero-order chi connectivity index (χ0) is 22.1. The highest BCUT2D eigenvalue weighted by molar-refractivity contribution is 5.98. The number of ether oxygens (including phenoxy) is 1. The minimum absolute atomic E-state index is 0.00661. The van der Waals surface area contributed by atoms with E-state index in [2.05, 4.69) is 10.3 Å². The fourth-order valence-electron chi connectivity index (χ4n) is 3.54. The van der Waals surface area contributed by atoms with Crippen LogP contribution in [0.1, 0.15) is 24.3 Å². The van der Waals surface area contributed by atoms with Crippen molar-refractivity contribution in [1.29, 1.82) is 0 Å². The van der Waals surface area contributed by atoms with E-state index in [4.69, 9.17) is 4.74 Å². The van der Waals surface area contributed by atoms with Crippen LogP contribution in [0.15, 0.2) is 48.8 Å². The molecule has 1 aliphatic heterocycles. The molecule has 8 heteroatoms. The van der Waals surface area contributed by atoms with Gasteiger partial charge in [0.1, 0.15) is 11.4 Å². The zero-order valence-electron chi connectivity index (χ0n) is 17.0. The fraction of sp³-hybridized carbons (Fsp3) is 0.217. The van der Waals surface area contributed by atoms with Crippen LogP contribution in [0.25, 0.3) is 11.1 Å². The Hall–Kier alpha value is -3.52. The van der Waals surface area contributed by atoms with Crippen LogP contribution in [0.3, 0.4) is 0 Å². The second-order valence-electron chi connectivity index (χ2n) is 7.22. The van der Waals surface area contributed by atoms with Gasteiger partial charge in [-0.2, -0.15) is 0 Å². The van der Waals surface area contributed by atoms with Crippen LogP contribution in [-0.2, 0) is 11.2 Å². The van der Waals surface area contributed by atoms with Crippen LogP contribution in [0.2, 0.25) is 0 Å². The molecule has 3 aromatic rings. The third kappa shape index (κ3) is 3.94. The van der Waals surface area contributed by atoms with Gasteiger partial charge in [0.25, 0.3) is 5.91 Å². The molecule has 0 bridgehead atoms. The van der Waals surface area contributed by atoms with Gasteiger partial charge in [-0.25, -0.2) is 8.78 Å². The third-order valence-electron chi connectivity index (χ3n) is 5.32. The average Bonchev–Trinajstić information content (AvgIpc) is 2.78. The summed E-state index contributed by atoms with van der Waals surface area (Å²) in [6, 6.07) is 10.8. The molecule has 2 aromatic carbocycles. The van der Waals surface area contributed by atoms with Gasteiger partial charge in [-0.3, -0.25) is 9.78 Å². The molecule has 1 aliphatic rings. The highest BCUT2D eigenvalue weighted by atomic mass is 19.1. The highest BCUT2D eigenvalue weighted by Gasteiger charge is 2.24. The Kier molecular flexibility index (Phi) is 5.56. The first-order valence-corrected chi connectivity index (χ1v) is 9.79. The van der Waals surface area contributed by atoms with E-state index in [9.17, 15) is 18.7 Å². The normalized spacial score (nSPS) is 14.1. The van der Waals surface area contributed by atoms with Gasteiger partial charge in [-0.1, -0.05) is 31.2 Å². The quantitative estimate of drug-likeness (QED) is 0.604. The zero-order valence-corrected chi connectivity index (χ0v) is 17.0. The van der Waals surface area contributed by atoms with E-state index in [1.165, 1.54) is 0 Å². The average molecular weight is 425 g/mol. The first-order chi connectivity index (χ1) is 14.9. The second-order valence-corrected chi connectivity index (χ2v) is 7.22. The first kappa shape index (κ1) is 20.7. The molecule has 31 heavy (non-hydrogen) atoms. The Balaban J connectivity index is 1.62. The molecule has 0 radical (unpaired) electrons. The van der Waals surface area contributed by atoms with Crippen molar-refractivity contribution in [2.75, 3.05) is 23.9 Å². The number of nitrogens with one attached hydrogen (secondary N) is 1. The predicted octanol–water partition coefficient (Wildman–Crippen LogP) is 4.05. The number of aliphatic hydroxyl groups is 1. The van der Waals surface area contributed by atoms with E-state index < -0.39 is 23.5 Å². The number of anilines is 2. The van der Waals surface area contributed by atoms with Crippen LogP contribution in [0, 0.1) is 11.6 Å². The van der Waals surface area contributed by atoms with Crippen molar-refractivity contribution in [2.24, 2.45) is 0 Å². The number of aromatic nitrogens is 1. The number of hydrogen-bond donors (Lipinski definition) is 2. The van der Waals surface area contributed by atoms with E-state index >= 15 is 0 Å². The van der Waals surface area contributed by atoms with Gasteiger partial charge in [0, 0.05) is 12.6 Å². The predicted molar refractivity (Wildman–Crippen MR) is 113 cm³/mol. The van der Waals surface area contributed by atoms with Gasteiger partial charge < -0.3 is 20.1 Å². The van der Waals surface area contributed by atoms with Crippen LogP contribution in [-0.4, -0.2) is 29.7 Å². The summed E-state index contributed by atoms with van der Waals surface area (Å²) >= 11 is 0. The maximum atomic E-state index is 13.8. The SMILES string of the molecule is CCc1cc2c(cc1-c1ccc(C(O)Nc3c(F)cncc3F)cc1)OCC(=O)N2C. The Morgan fingerprint density at radius 3 is 2.52 bits per heavy atom. The number of aliphatic hydroxyl groups excluding tert-OH is 1. The molecule has 4 rings (SSSR count). The topological polar surface area (TPSA) is 74.7 Å². The summed E-state index contributed by atoms with van der Waals surface area (Å²) in [5.41, 5.74) is 3.61. The number of rotatable bonds is 5. The molecule has 1 unspecified atom stereocenters. The monoisotopic (exact) mass is 425 g/mol. The molecule has 1 aromatic heterocycles. The van der Waals surface area contributed by atoms with Crippen LogP contribution < -0.4 is 15.0 Å². The summed E-state index contributed by atoms with van der Waals surface area (Å²) in [6.07, 6.45) is 1.18.